The molecule has 1 aromatic carbocycles. The molecule has 2 N–H and O–H groups in total. The van der Waals surface area contributed by atoms with Gasteiger partial charge >= 0.3 is 0 Å². The lowest BCUT2D eigenvalue weighted by Gasteiger charge is -2.18. The van der Waals surface area contributed by atoms with Gasteiger partial charge in [0.05, 0.1) is 0 Å². The van der Waals surface area contributed by atoms with E-state index in [2.05, 4.69) is 15.8 Å². The predicted octanol–water partition coefficient (Wildman–Crippen LogP) is 0.950. The van der Waals surface area contributed by atoms with E-state index in [1.807, 2.05) is 0 Å². The molecule has 1 spiro atoms. The Hall–Kier alpha value is -1.95. The molecule has 6 heteroatoms. The Morgan fingerprint density at radius 3 is 2.95 bits per heavy atom. The summed E-state index contributed by atoms with van der Waals surface area (Å²) in [5, 5.41) is 9.89. The highest BCUT2D eigenvalue weighted by Crippen LogP contribution is 2.29. The second-order valence-corrected chi connectivity index (χ2v) is 5.22. The molecular formula is C14H16FN3O2. The fourth-order valence-corrected chi connectivity index (χ4v) is 2.48. The highest BCUT2D eigenvalue weighted by atomic mass is 19.1. The molecule has 0 aliphatic carbocycles. The first kappa shape index (κ1) is 13.1. The van der Waals surface area contributed by atoms with Crippen molar-refractivity contribution in [2.75, 3.05) is 13.1 Å². The number of oxime groups is 1. The van der Waals surface area contributed by atoms with E-state index in [0.717, 1.165) is 25.1 Å². The van der Waals surface area contributed by atoms with Gasteiger partial charge in [0.2, 0.25) is 0 Å². The zero-order valence-corrected chi connectivity index (χ0v) is 11.0. The SMILES string of the molecule is O=C(NCc1ccc(F)cc1)C1=NO[C@@]2(CCNC2)C1. The number of amides is 1. The van der Waals surface area contributed by atoms with Gasteiger partial charge in [0.15, 0.2) is 5.60 Å². The minimum atomic E-state index is -0.331. The van der Waals surface area contributed by atoms with Crippen molar-refractivity contribution in [3.63, 3.8) is 0 Å². The van der Waals surface area contributed by atoms with Gasteiger partial charge in [-0.2, -0.15) is 0 Å². The minimum Gasteiger partial charge on any atom is -0.387 e. The van der Waals surface area contributed by atoms with Crippen LogP contribution in [0.25, 0.3) is 0 Å². The number of hydrogen-bond donors (Lipinski definition) is 2. The molecule has 0 aromatic heterocycles. The highest BCUT2D eigenvalue weighted by molar-refractivity contribution is 6.39. The Labute approximate surface area is 116 Å². The summed E-state index contributed by atoms with van der Waals surface area (Å²) in [6.45, 7) is 1.97. The number of rotatable bonds is 3. The highest BCUT2D eigenvalue weighted by Gasteiger charge is 2.43. The summed E-state index contributed by atoms with van der Waals surface area (Å²) in [6.07, 6.45) is 1.40. The molecule has 1 fully saturated rings. The normalized spacial score (nSPS) is 24.6. The number of benzene rings is 1. The van der Waals surface area contributed by atoms with Crippen LogP contribution in [0.1, 0.15) is 18.4 Å². The van der Waals surface area contributed by atoms with Crippen LogP contribution < -0.4 is 10.6 Å². The first-order valence-electron chi connectivity index (χ1n) is 6.65. The summed E-state index contributed by atoms with van der Waals surface area (Å²) in [7, 11) is 0. The van der Waals surface area contributed by atoms with Crippen LogP contribution in [0, 0.1) is 5.82 Å². The largest absolute Gasteiger partial charge is 0.387 e. The summed E-state index contributed by atoms with van der Waals surface area (Å²) in [4.78, 5) is 17.4. The number of carbonyl (C=O) groups excluding carboxylic acids is 1. The lowest BCUT2D eigenvalue weighted by atomic mass is 9.96. The van der Waals surface area contributed by atoms with Crippen molar-refractivity contribution in [3.05, 3.63) is 35.6 Å². The van der Waals surface area contributed by atoms with Crippen molar-refractivity contribution in [3.8, 4) is 0 Å². The number of nitrogens with one attached hydrogen (secondary N) is 2. The third-order valence-electron chi connectivity index (χ3n) is 3.67. The molecule has 0 unspecified atom stereocenters. The third kappa shape index (κ3) is 2.65. The zero-order valence-electron chi connectivity index (χ0n) is 11.0. The van der Waals surface area contributed by atoms with Crippen LogP contribution >= 0.6 is 0 Å². The van der Waals surface area contributed by atoms with Crippen molar-refractivity contribution in [1.82, 2.24) is 10.6 Å². The Bertz CT molecular complexity index is 536. The molecule has 0 saturated carbocycles. The van der Waals surface area contributed by atoms with Crippen molar-refractivity contribution in [1.29, 1.82) is 0 Å². The molecular weight excluding hydrogens is 261 g/mol. The van der Waals surface area contributed by atoms with Crippen LogP contribution in [0.4, 0.5) is 4.39 Å². The van der Waals surface area contributed by atoms with Gasteiger partial charge in [-0.3, -0.25) is 4.79 Å². The average Bonchev–Trinajstić information content (AvgIpc) is 3.09. The summed E-state index contributed by atoms with van der Waals surface area (Å²) in [5.74, 6) is -0.512. The van der Waals surface area contributed by atoms with Crippen LogP contribution in [-0.4, -0.2) is 30.3 Å². The lowest BCUT2D eigenvalue weighted by Crippen LogP contribution is -2.36. The molecule has 1 aromatic rings. The molecule has 5 nitrogen and oxygen atoms in total. The van der Waals surface area contributed by atoms with Crippen molar-refractivity contribution in [2.45, 2.75) is 25.0 Å². The maximum absolute atomic E-state index is 12.8. The Morgan fingerprint density at radius 2 is 2.25 bits per heavy atom. The van der Waals surface area contributed by atoms with Gasteiger partial charge in [0, 0.05) is 25.9 Å². The van der Waals surface area contributed by atoms with Gasteiger partial charge in [-0.1, -0.05) is 17.3 Å². The number of nitrogens with zero attached hydrogens (tertiary/aromatic N) is 1. The fraction of sp³-hybridized carbons (Fsp3) is 0.429. The fourth-order valence-electron chi connectivity index (χ4n) is 2.48. The maximum Gasteiger partial charge on any atom is 0.269 e. The topological polar surface area (TPSA) is 62.7 Å². The van der Waals surface area contributed by atoms with E-state index in [-0.39, 0.29) is 17.3 Å². The number of hydrogen-bond acceptors (Lipinski definition) is 4. The van der Waals surface area contributed by atoms with Crippen LogP contribution in [0.5, 0.6) is 0 Å². The third-order valence-corrected chi connectivity index (χ3v) is 3.67. The van der Waals surface area contributed by atoms with Gasteiger partial charge in [0.1, 0.15) is 11.5 Å². The standard InChI is InChI=1S/C14H16FN3O2/c15-11-3-1-10(2-4-11)8-17-13(19)12-7-14(20-18-12)5-6-16-9-14/h1-4,16H,5-9H2,(H,17,19)/t14-/m0/s1. The van der Waals surface area contributed by atoms with Crippen LogP contribution in [0.2, 0.25) is 0 Å². The van der Waals surface area contributed by atoms with E-state index in [4.69, 9.17) is 4.84 Å². The summed E-state index contributed by atoms with van der Waals surface area (Å²) in [6, 6.07) is 6.03. The van der Waals surface area contributed by atoms with Gasteiger partial charge < -0.3 is 15.5 Å². The Balaban J connectivity index is 1.54. The smallest absolute Gasteiger partial charge is 0.269 e. The van der Waals surface area contributed by atoms with E-state index in [9.17, 15) is 9.18 Å². The van der Waals surface area contributed by atoms with E-state index in [1.54, 1.807) is 12.1 Å². The van der Waals surface area contributed by atoms with Crippen LogP contribution in [0.15, 0.2) is 29.4 Å². The molecule has 0 bridgehead atoms. The molecule has 106 valence electrons. The molecule has 3 rings (SSSR count). The van der Waals surface area contributed by atoms with Crippen molar-refractivity contribution in [2.24, 2.45) is 5.16 Å². The molecule has 0 radical (unpaired) electrons. The molecule has 1 saturated heterocycles. The monoisotopic (exact) mass is 277 g/mol. The molecule has 2 aliphatic rings. The van der Waals surface area contributed by atoms with E-state index in [0.29, 0.717) is 18.7 Å². The second kappa shape index (κ2) is 5.20. The lowest BCUT2D eigenvalue weighted by molar-refractivity contribution is -0.115. The van der Waals surface area contributed by atoms with Crippen molar-refractivity contribution >= 4 is 11.6 Å². The molecule has 2 heterocycles. The van der Waals surface area contributed by atoms with E-state index >= 15 is 0 Å². The van der Waals surface area contributed by atoms with Gasteiger partial charge in [-0.15, -0.1) is 0 Å². The summed E-state index contributed by atoms with van der Waals surface area (Å²) < 4.78 is 12.8. The molecule has 2 aliphatic heterocycles. The molecule has 20 heavy (non-hydrogen) atoms. The van der Waals surface area contributed by atoms with Gasteiger partial charge in [0.25, 0.3) is 5.91 Å². The predicted molar refractivity (Wildman–Crippen MR) is 71.6 cm³/mol. The Morgan fingerprint density at radius 1 is 1.45 bits per heavy atom. The first-order chi connectivity index (χ1) is 9.67. The van der Waals surface area contributed by atoms with Gasteiger partial charge in [-0.05, 0) is 24.2 Å². The summed E-state index contributed by atoms with van der Waals surface area (Å²) >= 11 is 0. The second-order valence-electron chi connectivity index (χ2n) is 5.22. The number of carbonyl (C=O) groups is 1. The number of halogens is 1. The van der Waals surface area contributed by atoms with E-state index < -0.39 is 0 Å². The zero-order chi connectivity index (χ0) is 14.0. The first-order valence-corrected chi connectivity index (χ1v) is 6.65. The molecule has 1 amide bonds. The maximum atomic E-state index is 12.8. The summed E-state index contributed by atoms with van der Waals surface area (Å²) in [5.41, 5.74) is 0.940. The average molecular weight is 277 g/mol. The van der Waals surface area contributed by atoms with Gasteiger partial charge in [-0.25, -0.2) is 4.39 Å². The molecule has 1 atom stereocenters. The minimum absolute atomic E-state index is 0.224. The van der Waals surface area contributed by atoms with E-state index in [1.165, 1.54) is 12.1 Å². The van der Waals surface area contributed by atoms with Crippen molar-refractivity contribution < 1.29 is 14.0 Å². The van der Waals surface area contributed by atoms with Crippen LogP contribution in [-0.2, 0) is 16.2 Å². The quantitative estimate of drug-likeness (QED) is 0.864. The Kier molecular flexibility index (Phi) is 3.40. The van der Waals surface area contributed by atoms with Crippen LogP contribution in [0.3, 0.4) is 0 Å².